The highest BCUT2D eigenvalue weighted by atomic mass is 16.5. The van der Waals surface area contributed by atoms with Gasteiger partial charge in [0.15, 0.2) is 0 Å². The van der Waals surface area contributed by atoms with Crippen LogP contribution < -0.4 is 0 Å². The lowest BCUT2D eigenvalue weighted by Gasteiger charge is -2.08. The van der Waals surface area contributed by atoms with E-state index in [2.05, 4.69) is 49.7 Å². The molecule has 1 aromatic carbocycles. The van der Waals surface area contributed by atoms with E-state index in [-0.39, 0.29) is 5.97 Å². The summed E-state index contributed by atoms with van der Waals surface area (Å²) in [6.07, 6.45) is 0. The first kappa shape index (κ1) is 14.6. The predicted molar refractivity (Wildman–Crippen MR) is 89.6 cm³/mol. The van der Waals surface area contributed by atoms with Crippen molar-refractivity contribution in [1.82, 2.24) is 4.57 Å². The summed E-state index contributed by atoms with van der Waals surface area (Å²) in [5, 5.41) is 1.22. The van der Waals surface area contributed by atoms with Gasteiger partial charge in [0.25, 0.3) is 0 Å². The highest BCUT2D eigenvalue weighted by Crippen LogP contribution is 2.36. The number of benzene rings is 1. The minimum Gasteiger partial charge on any atom is -0.457 e. The van der Waals surface area contributed by atoms with Gasteiger partial charge in [0, 0.05) is 34.8 Å². The molecule has 1 saturated heterocycles. The number of carbonyl (C=O) groups excluding carboxylic acids is 1. The molecular formula is C19H21NO2. The van der Waals surface area contributed by atoms with Crippen molar-refractivity contribution in [2.24, 2.45) is 7.05 Å². The van der Waals surface area contributed by atoms with Gasteiger partial charge in [-0.2, -0.15) is 0 Å². The third-order valence-electron chi connectivity index (χ3n) is 4.58. The number of para-hydroxylation sites is 1. The molecule has 0 bridgehead atoms. The minimum absolute atomic E-state index is 0.202. The van der Waals surface area contributed by atoms with Gasteiger partial charge in [-0.25, -0.2) is 4.79 Å². The lowest BCUT2D eigenvalue weighted by atomic mass is 9.93. The van der Waals surface area contributed by atoms with Crippen molar-refractivity contribution in [1.29, 1.82) is 0 Å². The number of aryl methyl sites for hydroxylation is 1. The SMILES string of the molecule is CC(C)=C1C(=O)OC/C1=C(/C)c1c(C)n(C)c2ccccc12. The van der Waals surface area contributed by atoms with E-state index in [0.717, 1.165) is 22.3 Å². The van der Waals surface area contributed by atoms with E-state index in [1.165, 1.54) is 22.2 Å². The van der Waals surface area contributed by atoms with Crippen LogP contribution in [0.1, 0.15) is 32.0 Å². The smallest absolute Gasteiger partial charge is 0.338 e. The van der Waals surface area contributed by atoms with Gasteiger partial charge in [-0.15, -0.1) is 0 Å². The second-order valence-corrected chi connectivity index (χ2v) is 6.09. The molecule has 0 saturated carbocycles. The summed E-state index contributed by atoms with van der Waals surface area (Å²) in [5.74, 6) is -0.202. The van der Waals surface area contributed by atoms with E-state index in [1.54, 1.807) is 0 Å². The summed E-state index contributed by atoms with van der Waals surface area (Å²) in [7, 11) is 2.08. The van der Waals surface area contributed by atoms with Gasteiger partial charge in [0.1, 0.15) is 6.61 Å². The monoisotopic (exact) mass is 295 g/mol. The second kappa shape index (κ2) is 5.16. The molecule has 114 valence electrons. The molecule has 0 radical (unpaired) electrons. The number of ether oxygens (including phenoxy) is 1. The third-order valence-corrected chi connectivity index (χ3v) is 4.58. The van der Waals surface area contributed by atoms with Gasteiger partial charge in [-0.3, -0.25) is 0 Å². The first-order valence-corrected chi connectivity index (χ1v) is 7.52. The number of hydrogen-bond donors (Lipinski definition) is 0. The Balaban J connectivity index is 2.33. The van der Waals surface area contributed by atoms with Gasteiger partial charge in [-0.05, 0) is 39.3 Å². The molecule has 0 amide bonds. The van der Waals surface area contributed by atoms with Crippen LogP contribution in [0.5, 0.6) is 0 Å². The number of fused-ring (bicyclic) bond motifs is 1. The lowest BCUT2D eigenvalue weighted by molar-refractivity contribution is -0.135. The number of hydrogen-bond acceptors (Lipinski definition) is 2. The highest BCUT2D eigenvalue weighted by Gasteiger charge is 2.29. The van der Waals surface area contributed by atoms with Crippen molar-refractivity contribution >= 4 is 22.4 Å². The Morgan fingerprint density at radius 2 is 1.86 bits per heavy atom. The van der Waals surface area contributed by atoms with Crippen LogP contribution in [0.3, 0.4) is 0 Å². The van der Waals surface area contributed by atoms with Gasteiger partial charge in [0.05, 0.1) is 5.57 Å². The number of cyclic esters (lactones) is 1. The van der Waals surface area contributed by atoms with E-state index in [0.29, 0.717) is 6.61 Å². The van der Waals surface area contributed by atoms with Crippen LogP contribution in [0.25, 0.3) is 16.5 Å². The van der Waals surface area contributed by atoms with Gasteiger partial charge in [-0.1, -0.05) is 23.8 Å². The second-order valence-electron chi connectivity index (χ2n) is 6.09. The maximum absolute atomic E-state index is 12.0. The average Bonchev–Trinajstić information content (AvgIpc) is 2.99. The zero-order chi connectivity index (χ0) is 16.0. The number of aromatic nitrogens is 1. The zero-order valence-corrected chi connectivity index (χ0v) is 13.8. The average molecular weight is 295 g/mol. The molecule has 1 aliphatic rings. The number of esters is 1. The number of rotatable bonds is 1. The molecule has 1 fully saturated rings. The molecule has 1 aliphatic heterocycles. The Kier molecular flexibility index (Phi) is 3.44. The van der Waals surface area contributed by atoms with Crippen LogP contribution in [-0.4, -0.2) is 17.1 Å². The van der Waals surface area contributed by atoms with E-state index in [1.807, 2.05) is 13.8 Å². The van der Waals surface area contributed by atoms with Crippen molar-refractivity contribution in [2.45, 2.75) is 27.7 Å². The molecule has 0 spiro atoms. The molecule has 2 aromatic rings. The normalized spacial score (nSPS) is 17.1. The molecule has 0 atom stereocenters. The van der Waals surface area contributed by atoms with Crippen LogP contribution >= 0.6 is 0 Å². The van der Waals surface area contributed by atoms with E-state index in [9.17, 15) is 4.79 Å². The number of nitrogens with zero attached hydrogens (tertiary/aromatic N) is 1. The molecule has 3 heteroatoms. The van der Waals surface area contributed by atoms with Crippen LogP contribution in [-0.2, 0) is 16.6 Å². The molecule has 3 nitrogen and oxygen atoms in total. The van der Waals surface area contributed by atoms with E-state index < -0.39 is 0 Å². The molecule has 3 rings (SSSR count). The van der Waals surface area contributed by atoms with Crippen molar-refractivity contribution in [2.75, 3.05) is 6.61 Å². The predicted octanol–water partition coefficient (Wildman–Crippen LogP) is 4.15. The topological polar surface area (TPSA) is 31.2 Å². The van der Waals surface area contributed by atoms with E-state index in [4.69, 9.17) is 4.74 Å². The van der Waals surface area contributed by atoms with Crippen LogP contribution in [0.2, 0.25) is 0 Å². The molecule has 22 heavy (non-hydrogen) atoms. The van der Waals surface area contributed by atoms with Crippen LogP contribution in [0.15, 0.2) is 41.0 Å². The standard InChI is InChI=1S/C19H21NO2/c1-11(2)17-15(10-22-19(17)21)12(3)18-13(4)20(5)16-9-7-6-8-14(16)18/h6-9H,10H2,1-5H3/b15-12+. The van der Waals surface area contributed by atoms with Gasteiger partial charge >= 0.3 is 5.97 Å². The summed E-state index contributed by atoms with van der Waals surface area (Å²) < 4.78 is 7.48. The number of allylic oxidation sites excluding steroid dienone is 2. The van der Waals surface area contributed by atoms with Crippen LogP contribution in [0.4, 0.5) is 0 Å². The van der Waals surface area contributed by atoms with Crippen molar-refractivity contribution < 1.29 is 9.53 Å². The maximum Gasteiger partial charge on any atom is 0.338 e. The quantitative estimate of drug-likeness (QED) is 0.584. The molecule has 1 aromatic heterocycles. The Bertz CT molecular complexity index is 846. The summed E-state index contributed by atoms with van der Waals surface area (Å²) in [6.45, 7) is 8.51. The number of carbonyl (C=O) groups is 1. The minimum atomic E-state index is -0.202. The van der Waals surface area contributed by atoms with E-state index >= 15 is 0 Å². The van der Waals surface area contributed by atoms with Crippen LogP contribution in [0, 0.1) is 6.92 Å². The fourth-order valence-electron chi connectivity index (χ4n) is 3.35. The lowest BCUT2D eigenvalue weighted by Crippen LogP contribution is -1.99. The highest BCUT2D eigenvalue weighted by molar-refractivity contribution is 6.03. The summed E-state index contributed by atoms with van der Waals surface area (Å²) >= 11 is 0. The largest absolute Gasteiger partial charge is 0.457 e. The van der Waals surface area contributed by atoms with Crippen molar-refractivity contribution in [3.8, 4) is 0 Å². The van der Waals surface area contributed by atoms with Gasteiger partial charge < -0.3 is 9.30 Å². The molecular weight excluding hydrogens is 274 g/mol. The van der Waals surface area contributed by atoms with Crippen molar-refractivity contribution in [3.05, 3.63) is 52.2 Å². The molecule has 2 heterocycles. The summed E-state index contributed by atoms with van der Waals surface area (Å²) in [5.41, 5.74) is 7.53. The Morgan fingerprint density at radius 3 is 2.55 bits per heavy atom. The molecule has 0 aliphatic carbocycles. The van der Waals surface area contributed by atoms with Crippen molar-refractivity contribution in [3.63, 3.8) is 0 Å². The maximum atomic E-state index is 12.0. The zero-order valence-electron chi connectivity index (χ0n) is 13.8. The Morgan fingerprint density at radius 1 is 1.18 bits per heavy atom. The summed E-state index contributed by atoms with van der Waals surface area (Å²) in [6, 6.07) is 8.38. The Labute approximate surface area is 130 Å². The fourth-order valence-corrected chi connectivity index (χ4v) is 3.35. The van der Waals surface area contributed by atoms with Gasteiger partial charge in [0.2, 0.25) is 0 Å². The molecule has 0 unspecified atom stereocenters. The molecule has 0 N–H and O–H groups in total. The first-order valence-electron chi connectivity index (χ1n) is 7.52. The fraction of sp³-hybridized carbons (Fsp3) is 0.316. The third kappa shape index (κ3) is 2.00. The first-order chi connectivity index (χ1) is 10.4. The summed E-state index contributed by atoms with van der Waals surface area (Å²) in [4.78, 5) is 12.0. The Hall–Kier alpha value is -2.29.